The second-order valence-corrected chi connectivity index (χ2v) is 4.44. The molecular formula is C13H24N4O. The van der Waals surface area contributed by atoms with Crippen molar-refractivity contribution < 1.29 is 4.74 Å². The van der Waals surface area contributed by atoms with E-state index < -0.39 is 0 Å². The lowest BCUT2D eigenvalue weighted by atomic mass is 10.1. The van der Waals surface area contributed by atoms with Gasteiger partial charge >= 0.3 is 0 Å². The fraction of sp³-hybridized carbons (Fsp3) is 0.692. The zero-order valence-electron chi connectivity index (χ0n) is 11.8. The van der Waals surface area contributed by atoms with Gasteiger partial charge in [0.15, 0.2) is 0 Å². The summed E-state index contributed by atoms with van der Waals surface area (Å²) >= 11 is 0. The molecule has 1 rings (SSSR count). The maximum Gasteiger partial charge on any atom is 0.221 e. The molecule has 0 amide bonds. The van der Waals surface area contributed by atoms with Crippen molar-refractivity contribution in [2.24, 2.45) is 11.7 Å². The zero-order chi connectivity index (χ0) is 13.5. The largest absolute Gasteiger partial charge is 0.478 e. The van der Waals surface area contributed by atoms with Crippen molar-refractivity contribution in [1.82, 2.24) is 9.97 Å². The Bertz CT molecular complexity index is 370. The van der Waals surface area contributed by atoms with Gasteiger partial charge in [-0.3, -0.25) is 0 Å². The number of rotatable bonds is 7. The summed E-state index contributed by atoms with van der Waals surface area (Å²) in [7, 11) is 0. The molecule has 1 heterocycles. The van der Waals surface area contributed by atoms with E-state index in [2.05, 4.69) is 28.7 Å². The Balaban J connectivity index is 2.94. The number of aromatic nitrogens is 2. The van der Waals surface area contributed by atoms with Crippen LogP contribution in [-0.4, -0.2) is 36.2 Å². The monoisotopic (exact) mass is 252 g/mol. The van der Waals surface area contributed by atoms with Gasteiger partial charge in [0.2, 0.25) is 5.88 Å². The summed E-state index contributed by atoms with van der Waals surface area (Å²) in [6.45, 7) is 11.3. The predicted octanol–water partition coefficient (Wildman–Crippen LogP) is 1.60. The molecule has 1 aromatic rings. The van der Waals surface area contributed by atoms with Crippen molar-refractivity contribution >= 4 is 5.82 Å². The summed E-state index contributed by atoms with van der Waals surface area (Å²) in [6.07, 6.45) is 1.56. The Hall–Kier alpha value is -1.36. The van der Waals surface area contributed by atoms with Crippen LogP contribution >= 0.6 is 0 Å². The lowest BCUT2D eigenvalue weighted by molar-refractivity contribution is 0.323. The number of anilines is 1. The highest BCUT2D eigenvalue weighted by Crippen LogP contribution is 2.24. The van der Waals surface area contributed by atoms with Gasteiger partial charge in [0.25, 0.3) is 0 Å². The van der Waals surface area contributed by atoms with E-state index >= 15 is 0 Å². The van der Waals surface area contributed by atoms with Crippen LogP contribution in [-0.2, 0) is 0 Å². The second-order valence-electron chi connectivity index (χ2n) is 4.44. The van der Waals surface area contributed by atoms with E-state index in [0.29, 0.717) is 24.9 Å². The average molecular weight is 252 g/mol. The van der Waals surface area contributed by atoms with Gasteiger partial charge < -0.3 is 15.4 Å². The van der Waals surface area contributed by atoms with Gasteiger partial charge in [-0.1, -0.05) is 6.92 Å². The third kappa shape index (κ3) is 3.57. The van der Waals surface area contributed by atoms with Crippen molar-refractivity contribution in [3.8, 4) is 5.88 Å². The molecule has 0 bridgehead atoms. The van der Waals surface area contributed by atoms with Gasteiger partial charge in [-0.25, -0.2) is 9.97 Å². The summed E-state index contributed by atoms with van der Waals surface area (Å²) < 4.78 is 5.50. The Labute approximate surface area is 109 Å². The smallest absolute Gasteiger partial charge is 0.221 e. The first-order valence-electron chi connectivity index (χ1n) is 6.53. The molecule has 5 nitrogen and oxygen atoms in total. The molecule has 1 aromatic heterocycles. The van der Waals surface area contributed by atoms with Crippen LogP contribution < -0.4 is 15.4 Å². The van der Waals surface area contributed by atoms with Crippen LogP contribution in [0.5, 0.6) is 5.88 Å². The highest BCUT2D eigenvalue weighted by Gasteiger charge is 2.15. The van der Waals surface area contributed by atoms with E-state index in [1.165, 1.54) is 0 Å². The summed E-state index contributed by atoms with van der Waals surface area (Å²) in [4.78, 5) is 10.8. The molecule has 0 aliphatic carbocycles. The maximum absolute atomic E-state index is 5.68. The van der Waals surface area contributed by atoms with E-state index in [0.717, 1.165) is 24.5 Å². The van der Waals surface area contributed by atoms with Crippen LogP contribution in [0, 0.1) is 12.8 Å². The lowest BCUT2D eigenvalue weighted by Gasteiger charge is -2.26. The van der Waals surface area contributed by atoms with Gasteiger partial charge in [0, 0.05) is 13.1 Å². The minimum Gasteiger partial charge on any atom is -0.478 e. The van der Waals surface area contributed by atoms with E-state index in [-0.39, 0.29) is 0 Å². The first-order valence-corrected chi connectivity index (χ1v) is 6.53. The zero-order valence-corrected chi connectivity index (χ0v) is 11.8. The first kappa shape index (κ1) is 14.7. The normalized spacial score (nSPS) is 12.3. The lowest BCUT2D eigenvalue weighted by Crippen LogP contribution is -2.32. The first-order chi connectivity index (χ1) is 8.63. The van der Waals surface area contributed by atoms with Gasteiger partial charge in [-0.05, 0) is 33.2 Å². The molecular weight excluding hydrogens is 228 g/mol. The van der Waals surface area contributed by atoms with Crippen LogP contribution in [0.4, 0.5) is 5.82 Å². The van der Waals surface area contributed by atoms with E-state index in [9.17, 15) is 0 Å². The highest BCUT2D eigenvalue weighted by molar-refractivity contribution is 5.50. The van der Waals surface area contributed by atoms with Crippen molar-refractivity contribution in [1.29, 1.82) is 0 Å². The van der Waals surface area contributed by atoms with Crippen molar-refractivity contribution in [2.45, 2.75) is 27.7 Å². The molecule has 0 saturated carbocycles. The molecule has 0 fully saturated rings. The van der Waals surface area contributed by atoms with E-state index in [1.54, 1.807) is 6.33 Å². The molecule has 2 N–H and O–H groups in total. The van der Waals surface area contributed by atoms with E-state index in [4.69, 9.17) is 10.5 Å². The maximum atomic E-state index is 5.68. The van der Waals surface area contributed by atoms with Crippen molar-refractivity contribution in [3.63, 3.8) is 0 Å². The fourth-order valence-electron chi connectivity index (χ4n) is 1.84. The Morgan fingerprint density at radius 3 is 2.67 bits per heavy atom. The molecule has 0 radical (unpaired) electrons. The second kappa shape index (κ2) is 7.16. The fourth-order valence-corrected chi connectivity index (χ4v) is 1.84. The van der Waals surface area contributed by atoms with Gasteiger partial charge in [-0.15, -0.1) is 0 Å². The topological polar surface area (TPSA) is 64.3 Å². The number of nitrogens with two attached hydrogens (primary N) is 1. The third-order valence-corrected chi connectivity index (χ3v) is 2.91. The highest BCUT2D eigenvalue weighted by atomic mass is 16.5. The third-order valence-electron chi connectivity index (χ3n) is 2.91. The summed E-state index contributed by atoms with van der Waals surface area (Å²) in [5.41, 5.74) is 6.68. The van der Waals surface area contributed by atoms with Crippen molar-refractivity contribution in [2.75, 3.05) is 31.1 Å². The Morgan fingerprint density at radius 2 is 2.11 bits per heavy atom. The molecule has 0 aliphatic heterocycles. The van der Waals surface area contributed by atoms with Crippen LogP contribution in [0.3, 0.4) is 0 Å². The molecule has 0 aliphatic rings. The van der Waals surface area contributed by atoms with Crippen LogP contribution in [0.1, 0.15) is 26.3 Å². The van der Waals surface area contributed by atoms with Crippen LogP contribution in [0.25, 0.3) is 0 Å². The molecule has 18 heavy (non-hydrogen) atoms. The standard InChI is InChI=1S/C13H24N4O/c1-5-17(8-10(3)7-14)12-11(4)13(18-6-2)16-9-15-12/h9-10H,5-8,14H2,1-4H3. The SMILES string of the molecule is CCOc1ncnc(N(CC)CC(C)CN)c1C. The minimum atomic E-state index is 0.440. The average Bonchev–Trinajstić information content (AvgIpc) is 2.38. The molecule has 1 atom stereocenters. The van der Waals surface area contributed by atoms with Gasteiger partial charge in [0.05, 0.1) is 12.2 Å². The number of hydrogen-bond acceptors (Lipinski definition) is 5. The number of ether oxygens (including phenoxy) is 1. The molecule has 0 saturated heterocycles. The predicted molar refractivity (Wildman–Crippen MR) is 74.0 cm³/mol. The van der Waals surface area contributed by atoms with Crippen LogP contribution in [0.15, 0.2) is 6.33 Å². The molecule has 102 valence electrons. The summed E-state index contributed by atoms with van der Waals surface area (Å²) in [6, 6.07) is 0. The summed E-state index contributed by atoms with van der Waals surface area (Å²) in [5.74, 6) is 2.05. The van der Waals surface area contributed by atoms with Crippen molar-refractivity contribution in [3.05, 3.63) is 11.9 Å². The number of hydrogen-bond donors (Lipinski definition) is 1. The summed E-state index contributed by atoms with van der Waals surface area (Å²) in [5, 5.41) is 0. The minimum absolute atomic E-state index is 0.440. The molecule has 5 heteroatoms. The Morgan fingerprint density at radius 1 is 1.39 bits per heavy atom. The Kier molecular flexibility index (Phi) is 5.85. The molecule has 0 spiro atoms. The van der Waals surface area contributed by atoms with Gasteiger partial charge in [-0.2, -0.15) is 0 Å². The van der Waals surface area contributed by atoms with Gasteiger partial charge in [0.1, 0.15) is 12.1 Å². The quantitative estimate of drug-likeness (QED) is 0.798. The van der Waals surface area contributed by atoms with Crippen LogP contribution in [0.2, 0.25) is 0 Å². The molecule has 1 unspecified atom stereocenters. The number of nitrogens with zero attached hydrogens (tertiary/aromatic N) is 3. The van der Waals surface area contributed by atoms with E-state index in [1.807, 2.05) is 13.8 Å². The molecule has 0 aromatic carbocycles.